The highest BCUT2D eigenvalue weighted by Crippen LogP contribution is 2.25. The number of nitrogens with one attached hydrogen (secondary N) is 2. The molecule has 1 aromatic carbocycles. The molecule has 7 nitrogen and oxygen atoms in total. The van der Waals surface area contributed by atoms with Crippen LogP contribution in [0.1, 0.15) is 12.8 Å². The average Bonchev–Trinajstić information content (AvgIpc) is 2.41. The average molecular weight is 299 g/mol. The maximum absolute atomic E-state index is 12.2. The van der Waals surface area contributed by atoms with Gasteiger partial charge in [-0.05, 0) is 25.0 Å². The molecule has 1 heterocycles. The lowest BCUT2D eigenvalue weighted by Gasteiger charge is -2.22. The molecule has 2 rings (SSSR count). The number of piperidine rings is 1. The van der Waals surface area contributed by atoms with Crippen molar-refractivity contribution in [2.45, 2.75) is 23.8 Å². The van der Waals surface area contributed by atoms with Crippen LogP contribution in [0, 0.1) is 0 Å². The van der Waals surface area contributed by atoms with Gasteiger partial charge < -0.3 is 15.8 Å². The standard InChI is InChI=1S/C12H17N3O4S/c1-19-11-7-8(4-5-9(11)13)20(17,18)15-10-3-2-6-14-12(10)16/h4-5,7,10,15H,2-3,6,13H2,1H3,(H,14,16). The fourth-order valence-electron chi connectivity index (χ4n) is 2.00. The minimum Gasteiger partial charge on any atom is -0.495 e. The number of hydrogen-bond acceptors (Lipinski definition) is 5. The molecule has 0 aliphatic carbocycles. The van der Waals surface area contributed by atoms with Crippen LogP contribution in [0.5, 0.6) is 5.75 Å². The highest BCUT2D eigenvalue weighted by Gasteiger charge is 2.28. The predicted molar refractivity (Wildman–Crippen MR) is 73.8 cm³/mol. The quantitative estimate of drug-likeness (QED) is 0.669. The van der Waals surface area contributed by atoms with Crippen molar-refractivity contribution < 1.29 is 17.9 Å². The number of nitrogens with two attached hydrogens (primary N) is 1. The van der Waals surface area contributed by atoms with E-state index in [0.717, 1.165) is 6.42 Å². The van der Waals surface area contributed by atoms with Gasteiger partial charge in [-0.15, -0.1) is 0 Å². The second kappa shape index (κ2) is 5.68. The molecule has 1 aromatic rings. The molecule has 20 heavy (non-hydrogen) atoms. The summed E-state index contributed by atoms with van der Waals surface area (Å²) in [4.78, 5) is 11.6. The lowest BCUT2D eigenvalue weighted by molar-refractivity contribution is -0.124. The van der Waals surface area contributed by atoms with Crippen molar-refractivity contribution in [1.29, 1.82) is 0 Å². The molecular weight excluding hydrogens is 282 g/mol. The summed E-state index contributed by atoms with van der Waals surface area (Å²) in [5.41, 5.74) is 5.99. The molecule has 1 aliphatic rings. The van der Waals surface area contributed by atoms with Crippen molar-refractivity contribution >= 4 is 21.6 Å². The number of carbonyl (C=O) groups excluding carboxylic acids is 1. The van der Waals surface area contributed by atoms with Gasteiger partial charge in [-0.1, -0.05) is 0 Å². The Hall–Kier alpha value is -1.80. The number of benzene rings is 1. The van der Waals surface area contributed by atoms with Crippen LogP contribution in [0.15, 0.2) is 23.1 Å². The molecule has 1 saturated heterocycles. The fraction of sp³-hybridized carbons (Fsp3) is 0.417. The van der Waals surface area contributed by atoms with Crippen molar-refractivity contribution in [1.82, 2.24) is 10.0 Å². The number of sulfonamides is 1. The second-order valence-electron chi connectivity index (χ2n) is 4.51. The molecule has 0 radical (unpaired) electrons. The predicted octanol–water partition coefficient (Wildman–Crippen LogP) is -0.166. The van der Waals surface area contributed by atoms with Gasteiger partial charge in [0.1, 0.15) is 11.8 Å². The third kappa shape index (κ3) is 3.02. The molecule has 1 fully saturated rings. The topological polar surface area (TPSA) is 111 Å². The van der Waals surface area contributed by atoms with E-state index in [2.05, 4.69) is 10.0 Å². The molecule has 4 N–H and O–H groups in total. The van der Waals surface area contributed by atoms with Crippen molar-refractivity contribution in [3.05, 3.63) is 18.2 Å². The van der Waals surface area contributed by atoms with E-state index in [1.54, 1.807) is 0 Å². The first-order chi connectivity index (χ1) is 9.44. The van der Waals surface area contributed by atoms with Crippen LogP contribution in [-0.4, -0.2) is 34.0 Å². The molecule has 1 atom stereocenters. The van der Waals surface area contributed by atoms with Crippen LogP contribution in [0.3, 0.4) is 0 Å². The molecule has 110 valence electrons. The number of hydrogen-bond donors (Lipinski definition) is 3. The number of rotatable bonds is 4. The van der Waals surface area contributed by atoms with E-state index in [-0.39, 0.29) is 16.6 Å². The Morgan fingerprint density at radius 3 is 2.85 bits per heavy atom. The number of amides is 1. The van der Waals surface area contributed by atoms with Crippen LogP contribution in [0.25, 0.3) is 0 Å². The van der Waals surface area contributed by atoms with Crippen LogP contribution in [0.2, 0.25) is 0 Å². The molecular formula is C12H17N3O4S. The smallest absolute Gasteiger partial charge is 0.241 e. The maximum atomic E-state index is 12.2. The van der Waals surface area contributed by atoms with Crippen molar-refractivity contribution in [2.75, 3.05) is 19.4 Å². The van der Waals surface area contributed by atoms with Crippen LogP contribution < -0.4 is 20.5 Å². The van der Waals surface area contributed by atoms with E-state index in [0.29, 0.717) is 18.7 Å². The lowest BCUT2D eigenvalue weighted by atomic mass is 10.1. The van der Waals surface area contributed by atoms with Gasteiger partial charge in [0.2, 0.25) is 15.9 Å². The molecule has 1 unspecified atom stereocenters. The minimum absolute atomic E-state index is 0.0157. The Balaban J connectivity index is 2.23. The van der Waals surface area contributed by atoms with Gasteiger partial charge in [-0.3, -0.25) is 4.79 Å². The lowest BCUT2D eigenvalue weighted by Crippen LogP contribution is -2.50. The van der Waals surface area contributed by atoms with E-state index in [1.807, 2.05) is 0 Å². The first kappa shape index (κ1) is 14.6. The summed E-state index contributed by atoms with van der Waals surface area (Å²) in [6.07, 6.45) is 1.22. The number of methoxy groups -OCH3 is 1. The number of carbonyl (C=O) groups is 1. The zero-order valence-corrected chi connectivity index (χ0v) is 11.9. The summed E-state index contributed by atoms with van der Waals surface area (Å²) >= 11 is 0. The SMILES string of the molecule is COc1cc(S(=O)(=O)NC2CCCNC2=O)ccc1N. The van der Waals surface area contributed by atoms with Crippen LogP contribution in [0.4, 0.5) is 5.69 Å². The van der Waals surface area contributed by atoms with Crippen molar-refractivity contribution in [3.8, 4) is 5.75 Å². The van der Waals surface area contributed by atoms with Gasteiger partial charge in [0.15, 0.2) is 0 Å². The summed E-state index contributed by atoms with van der Waals surface area (Å²) in [5.74, 6) is -0.0248. The Kier molecular flexibility index (Phi) is 4.15. The zero-order chi connectivity index (χ0) is 14.8. The Morgan fingerprint density at radius 1 is 1.45 bits per heavy atom. The van der Waals surface area contributed by atoms with E-state index in [4.69, 9.17) is 10.5 Å². The van der Waals surface area contributed by atoms with Gasteiger partial charge in [0, 0.05) is 12.6 Å². The monoisotopic (exact) mass is 299 g/mol. The molecule has 0 aromatic heterocycles. The first-order valence-corrected chi connectivity index (χ1v) is 7.66. The highest BCUT2D eigenvalue weighted by atomic mass is 32.2. The van der Waals surface area contributed by atoms with E-state index in [9.17, 15) is 13.2 Å². The third-order valence-electron chi connectivity index (χ3n) is 3.10. The number of anilines is 1. The molecule has 0 bridgehead atoms. The van der Waals surface area contributed by atoms with E-state index >= 15 is 0 Å². The number of nitrogen functional groups attached to an aromatic ring is 1. The molecule has 8 heteroatoms. The maximum Gasteiger partial charge on any atom is 0.241 e. The van der Waals surface area contributed by atoms with Crippen LogP contribution in [-0.2, 0) is 14.8 Å². The van der Waals surface area contributed by atoms with Gasteiger partial charge in [-0.25, -0.2) is 8.42 Å². The van der Waals surface area contributed by atoms with Crippen LogP contribution >= 0.6 is 0 Å². The number of ether oxygens (including phenoxy) is 1. The summed E-state index contributed by atoms with van der Waals surface area (Å²) in [7, 11) is -2.38. The Labute approximate surface area is 117 Å². The largest absolute Gasteiger partial charge is 0.495 e. The second-order valence-corrected chi connectivity index (χ2v) is 6.22. The summed E-state index contributed by atoms with van der Waals surface area (Å²) in [5, 5.41) is 2.63. The summed E-state index contributed by atoms with van der Waals surface area (Å²) in [6.45, 7) is 0.576. The van der Waals surface area contributed by atoms with E-state index < -0.39 is 16.1 Å². The zero-order valence-electron chi connectivity index (χ0n) is 11.0. The van der Waals surface area contributed by atoms with Crippen molar-refractivity contribution in [3.63, 3.8) is 0 Å². The summed E-state index contributed by atoms with van der Waals surface area (Å²) < 4.78 is 31.9. The normalized spacial score (nSPS) is 19.4. The molecule has 0 spiro atoms. The van der Waals surface area contributed by atoms with Gasteiger partial charge in [-0.2, -0.15) is 4.72 Å². The highest BCUT2D eigenvalue weighted by molar-refractivity contribution is 7.89. The van der Waals surface area contributed by atoms with Gasteiger partial charge in [0.25, 0.3) is 0 Å². The van der Waals surface area contributed by atoms with E-state index in [1.165, 1.54) is 25.3 Å². The van der Waals surface area contributed by atoms with Gasteiger partial charge in [0.05, 0.1) is 17.7 Å². The molecule has 1 aliphatic heterocycles. The van der Waals surface area contributed by atoms with Crippen molar-refractivity contribution in [2.24, 2.45) is 0 Å². The van der Waals surface area contributed by atoms with Gasteiger partial charge >= 0.3 is 0 Å². The first-order valence-electron chi connectivity index (χ1n) is 6.17. The molecule has 1 amide bonds. The minimum atomic E-state index is -3.79. The molecule has 0 saturated carbocycles. The summed E-state index contributed by atoms with van der Waals surface area (Å²) in [6, 6.07) is 3.42. The third-order valence-corrected chi connectivity index (χ3v) is 4.57. The Morgan fingerprint density at radius 2 is 2.20 bits per heavy atom. The fourth-order valence-corrected chi connectivity index (χ4v) is 3.24. The Bertz CT molecular complexity index is 615.